The molecule has 1 aliphatic heterocycles. The van der Waals surface area contributed by atoms with Crippen LogP contribution < -0.4 is 5.32 Å². The standard InChI is InChI=1S/C18H38N2O.H2/c1-16(2)15-18-7-11-20(12-8-18)10-6-14-21-13-5-9-19-17(3)4;/h16-19H,5-15H2,1-4H3;1H. The van der Waals surface area contributed by atoms with Crippen molar-refractivity contribution in [3.05, 3.63) is 0 Å². The van der Waals surface area contributed by atoms with Gasteiger partial charge in [-0.25, -0.2) is 0 Å². The van der Waals surface area contributed by atoms with Crippen molar-refractivity contribution in [2.75, 3.05) is 39.4 Å². The van der Waals surface area contributed by atoms with E-state index in [1.54, 1.807) is 0 Å². The zero-order valence-electron chi connectivity index (χ0n) is 14.9. The van der Waals surface area contributed by atoms with Crippen molar-refractivity contribution in [2.24, 2.45) is 11.8 Å². The van der Waals surface area contributed by atoms with Gasteiger partial charge in [-0.1, -0.05) is 27.7 Å². The Morgan fingerprint density at radius 2 is 1.76 bits per heavy atom. The molecule has 1 aliphatic rings. The molecule has 3 heteroatoms. The molecule has 0 aliphatic carbocycles. The van der Waals surface area contributed by atoms with E-state index in [1.807, 2.05) is 0 Å². The van der Waals surface area contributed by atoms with Gasteiger partial charge < -0.3 is 15.0 Å². The molecule has 0 unspecified atom stereocenters. The summed E-state index contributed by atoms with van der Waals surface area (Å²) in [7, 11) is 0. The van der Waals surface area contributed by atoms with E-state index in [9.17, 15) is 0 Å². The van der Waals surface area contributed by atoms with Crippen LogP contribution in [0.2, 0.25) is 0 Å². The number of likely N-dealkylation sites (tertiary alicyclic amines) is 1. The number of rotatable bonds is 11. The zero-order valence-corrected chi connectivity index (χ0v) is 14.9. The summed E-state index contributed by atoms with van der Waals surface area (Å²) < 4.78 is 5.71. The fourth-order valence-electron chi connectivity index (χ4n) is 3.17. The Balaban J connectivity index is 0.00000441. The molecule has 0 atom stereocenters. The van der Waals surface area contributed by atoms with Crippen LogP contribution in [-0.2, 0) is 4.74 Å². The second-order valence-corrected chi connectivity index (χ2v) is 7.34. The summed E-state index contributed by atoms with van der Waals surface area (Å²) in [5.41, 5.74) is 0. The molecule has 0 aromatic rings. The Kier molecular flexibility index (Phi) is 10.3. The summed E-state index contributed by atoms with van der Waals surface area (Å²) in [6, 6.07) is 0.587. The van der Waals surface area contributed by atoms with E-state index in [0.717, 1.165) is 38.0 Å². The molecule has 1 saturated heterocycles. The van der Waals surface area contributed by atoms with Gasteiger partial charge in [0.1, 0.15) is 0 Å². The number of piperidine rings is 1. The summed E-state index contributed by atoms with van der Waals surface area (Å²) in [6.07, 6.45) is 6.53. The highest BCUT2D eigenvalue weighted by molar-refractivity contribution is 4.73. The van der Waals surface area contributed by atoms with Gasteiger partial charge in [-0.05, 0) is 63.6 Å². The number of nitrogens with zero attached hydrogens (tertiary/aromatic N) is 1. The van der Waals surface area contributed by atoms with Crippen molar-refractivity contribution in [1.29, 1.82) is 0 Å². The lowest BCUT2D eigenvalue weighted by molar-refractivity contribution is 0.108. The van der Waals surface area contributed by atoms with Gasteiger partial charge in [0.05, 0.1) is 0 Å². The van der Waals surface area contributed by atoms with Gasteiger partial charge in [0.25, 0.3) is 0 Å². The van der Waals surface area contributed by atoms with Crippen LogP contribution in [0.1, 0.15) is 61.2 Å². The predicted molar refractivity (Wildman–Crippen MR) is 93.9 cm³/mol. The summed E-state index contributed by atoms with van der Waals surface area (Å²) in [5.74, 6) is 1.84. The van der Waals surface area contributed by atoms with Gasteiger partial charge in [0.15, 0.2) is 0 Å². The fourth-order valence-corrected chi connectivity index (χ4v) is 3.17. The number of hydrogen-bond acceptors (Lipinski definition) is 3. The quantitative estimate of drug-likeness (QED) is 0.588. The van der Waals surface area contributed by atoms with Gasteiger partial charge in [0.2, 0.25) is 0 Å². The van der Waals surface area contributed by atoms with E-state index in [1.165, 1.54) is 45.3 Å². The molecule has 3 nitrogen and oxygen atoms in total. The summed E-state index contributed by atoms with van der Waals surface area (Å²) >= 11 is 0. The molecular formula is C18H40N2O. The average Bonchev–Trinajstić information content (AvgIpc) is 2.42. The van der Waals surface area contributed by atoms with Gasteiger partial charge in [-0.3, -0.25) is 0 Å². The number of nitrogens with one attached hydrogen (secondary N) is 1. The Hall–Kier alpha value is -0.120. The van der Waals surface area contributed by atoms with Crippen molar-refractivity contribution < 1.29 is 6.16 Å². The minimum Gasteiger partial charge on any atom is -0.381 e. The number of hydrogen-bond donors (Lipinski definition) is 1. The van der Waals surface area contributed by atoms with Crippen molar-refractivity contribution in [2.45, 2.75) is 65.8 Å². The van der Waals surface area contributed by atoms with Crippen LogP contribution in [0.4, 0.5) is 0 Å². The minimum absolute atomic E-state index is 0. The van der Waals surface area contributed by atoms with E-state index in [4.69, 9.17) is 4.74 Å². The Morgan fingerprint density at radius 3 is 2.38 bits per heavy atom. The second kappa shape index (κ2) is 11.4. The maximum absolute atomic E-state index is 5.71. The first-order chi connectivity index (χ1) is 10.1. The van der Waals surface area contributed by atoms with E-state index < -0.39 is 0 Å². The number of ether oxygens (including phenoxy) is 1. The van der Waals surface area contributed by atoms with Gasteiger partial charge >= 0.3 is 0 Å². The first-order valence-electron chi connectivity index (χ1n) is 9.11. The van der Waals surface area contributed by atoms with Crippen LogP contribution >= 0.6 is 0 Å². The summed E-state index contributed by atoms with van der Waals surface area (Å²) in [5, 5.41) is 3.42. The van der Waals surface area contributed by atoms with Crippen molar-refractivity contribution in [1.82, 2.24) is 10.2 Å². The normalized spacial score (nSPS) is 18.0. The fraction of sp³-hybridized carbons (Fsp3) is 1.00. The highest BCUT2D eigenvalue weighted by Crippen LogP contribution is 2.23. The monoisotopic (exact) mass is 300 g/mol. The molecule has 0 bridgehead atoms. The van der Waals surface area contributed by atoms with Gasteiger partial charge in [-0.15, -0.1) is 0 Å². The van der Waals surface area contributed by atoms with E-state index in [2.05, 4.69) is 37.9 Å². The van der Waals surface area contributed by atoms with E-state index in [0.29, 0.717) is 6.04 Å². The van der Waals surface area contributed by atoms with E-state index in [-0.39, 0.29) is 1.43 Å². The molecule has 0 aromatic carbocycles. The lowest BCUT2D eigenvalue weighted by Gasteiger charge is -2.32. The molecule has 0 aromatic heterocycles. The van der Waals surface area contributed by atoms with Crippen LogP contribution in [0.5, 0.6) is 0 Å². The van der Waals surface area contributed by atoms with Crippen molar-refractivity contribution in [3.8, 4) is 0 Å². The molecule has 1 heterocycles. The van der Waals surface area contributed by atoms with Crippen LogP contribution in [0.25, 0.3) is 0 Å². The first-order valence-corrected chi connectivity index (χ1v) is 9.11. The smallest absolute Gasteiger partial charge is 0.0478 e. The minimum atomic E-state index is 0. The third-order valence-electron chi connectivity index (χ3n) is 4.29. The van der Waals surface area contributed by atoms with Gasteiger partial charge in [0, 0.05) is 27.2 Å². The third-order valence-corrected chi connectivity index (χ3v) is 4.29. The largest absolute Gasteiger partial charge is 0.381 e. The summed E-state index contributed by atoms with van der Waals surface area (Å²) in [4.78, 5) is 2.63. The second-order valence-electron chi connectivity index (χ2n) is 7.34. The Bertz CT molecular complexity index is 241. The predicted octanol–water partition coefficient (Wildman–Crippen LogP) is 3.79. The Morgan fingerprint density at radius 1 is 1.10 bits per heavy atom. The molecule has 1 N–H and O–H groups in total. The first kappa shape index (κ1) is 18.9. The molecular weight excluding hydrogens is 260 g/mol. The molecule has 0 spiro atoms. The topological polar surface area (TPSA) is 24.5 Å². The van der Waals surface area contributed by atoms with Crippen LogP contribution in [0, 0.1) is 11.8 Å². The maximum atomic E-state index is 5.71. The highest BCUT2D eigenvalue weighted by Gasteiger charge is 2.19. The summed E-state index contributed by atoms with van der Waals surface area (Å²) in [6.45, 7) is 15.8. The SMILES string of the molecule is CC(C)CC1CCN(CCCOCCCNC(C)C)CC1.[HH]. The zero-order chi connectivity index (χ0) is 15.5. The molecule has 0 amide bonds. The lowest BCUT2D eigenvalue weighted by Crippen LogP contribution is -2.35. The average molecular weight is 301 g/mol. The molecule has 128 valence electrons. The Labute approximate surface area is 134 Å². The molecule has 1 rings (SSSR count). The molecule has 0 saturated carbocycles. The van der Waals surface area contributed by atoms with Crippen LogP contribution in [0.15, 0.2) is 0 Å². The van der Waals surface area contributed by atoms with Gasteiger partial charge in [-0.2, -0.15) is 0 Å². The van der Waals surface area contributed by atoms with E-state index >= 15 is 0 Å². The molecule has 0 radical (unpaired) electrons. The van der Waals surface area contributed by atoms with Crippen LogP contribution in [-0.4, -0.2) is 50.3 Å². The lowest BCUT2D eigenvalue weighted by atomic mass is 9.88. The molecule has 21 heavy (non-hydrogen) atoms. The van der Waals surface area contributed by atoms with Crippen molar-refractivity contribution >= 4 is 0 Å². The maximum Gasteiger partial charge on any atom is 0.0478 e. The van der Waals surface area contributed by atoms with Crippen molar-refractivity contribution in [3.63, 3.8) is 0 Å². The van der Waals surface area contributed by atoms with Crippen LogP contribution in [0.3, 0.4) is 0 Å². The highest BCUT2D eigenvalue weighted by atomic mass is 16.5. The molecule has 1 fully saturated rings. The third kappa shape index (κ3) is 10.3.